The largest absolute Gasteiger partial charge is 0.326 e. The highest BCUT2D eigenvalue weighted by molar-refractivity contribution is 7.89. The van der Waals surface area contributed by atoms with Gasteiger partial charge in [-0.3, -0.25) is 5.10 Å². The van der Waals surface area contributed by atoms with Crippen LogP contribution in [0.4, 0.5) is 0 Å². The van der Waals surface area contributed by atoms with Crippen molar-refractivity contribution in [1.82, 2.24) is 14.5 Å². The van der Waals surface area contributed by atoms with Crippen molar-refractivity contribution in [2.45, 2.75) is 24.9 Å². The maximum absolute atomic E-state index is 12.3. The Morgan fingerprint density at radius 2 is 2.35 bits per heavy atom. The minimum Gasteiger partial charge on any atom is -0.326 e. The minimum atomic E-state index is -3.49. The Bertz CT molecular complexity index is 532. The van der Waals surface area contributed by atoms with Crippen molar-refractivity contribution in [1.29, 1.82) is 0 Å². The molecule has 0 aromatic carbocycles. The molecule has 1 aromatic heterocycles. The molecular weight excluding hydrogens is 240 g/mol. The van der Waals surface area contributed by atoms with Crippen LogP contribution in [0.2, 0.25) is 0 Å². The van der Waals surface area contributed by atoms with Gasteiger partial charge in [-0.25, -0.2) is 8.42 Å². The summed E-state index contributed by atoms with van der Waals surface area (Å²) in [6.45, 7) is 3.09. The van der Waals surface area contributed by atoms with E-state index in [4.69, 9.17) is 5.73 Å². The second-order valence-electron chi connectivity index (χ2n) is 4.09. The van der Waals surface area contributed by atoms with E-state index in [9.17, 15) is 8.42 Å². The molecule has 17 heavy (non-hydrogen) atoms. The quantitative estimate of drug-likeness (QED) is 0.756. The van der Waals surface area contributed by atoms with Crippen molar-refractivity contribution in [3.05, 3.63) is 23.4 Å². The van der Waals surface area contributed by atoms with Gasteiger partial charge in [0, 0.05) is 25.2 Å². The van der Waals surface area contributed by atoms with Gasteiger partial charge in [0.05, 0.1) is 6.20 Å². The van der Waals surface area contributed by atoms with Crippen LogP contribution in [0, 0.1) is 0 Å². The van der Waals surface area contributed by atoms with Gasteiger partial charge in [-0.15, -0.1) is 0 Å². The van der Waals surface area contributed by atoms with Crippen molar-refractivity contribution in [2.75, 3.05) is 13.1 Å². The molecule has 0 amide bonds. The maximum atomic E-state index is 12.3. The van der Waals surface area contributed by atoms with E-state index in [1.165, 1.54) is 16.1 Å². The Morgan fingerprint density at radius 3 is 2.94 bits per heavy atom. The second-order valence-corrected chi connectivity index (χ2v) is 5.97. The number of hydrogen-bond acceptors (Lipinski definition) is 4. The van der Waals surface area contributed by atoms with Gasteiger partial charge >= 0.3 is 0 Å². The lowest BCUT2D eigenvalue weighted by Crippen LogP contribution is -2.35. The summed E-state index contributed by atoms with van der Waals surface area (Å²) in [6.07, 6.45) is 4.16. The molecule has 0 radical (unpaired) electrons. The van der Waals surface area contributed by atoms with E-state index in [1.807, 2.05) is 13.0 Å². The standard InChI is InChI=1S/C10H16N4O2S/c1-8-2-4-14(5-3-8)17(15,16)10-9(6-11)7-12-13-10/h2,7H,3-6,11H2,1H3,(H,12,13). The lowest BCUT2D eigenvalue weighted by molar-refractivity contribution is 0.428. The summed E-state index contributed by atoms with van der Waals surface area (Å²) in [5.41, 5.74) is 7.24. The number of sulfonamides is 1. The zero-order chi connectivity index (χ0) is 12.5. The molecule has 0 saturated carbocycles. The number of hydrogen-bond donors (Lipinski definition) is 2. The molecule has 7 heteroatoms. The second kappa shape index (κ2) is 4.59. The number of nitrogens with two attached hydrogens (primary N) is 1. The van der Waals surface area contributed by atoms with Crippen LogP contribution in [-0.4, -0.2) is 36.0 Å². The molecule has 6 nitrogen and oxygen atoms in total. The first-order valence-corrected chi connectivity index (χ1v) is 6.88. The molecule has 0 atom stereocenters. The molecule has 0 bridgehead atoms. The van der Waals surface area contributed by atoms with Gasteiger partial charge in [0.2, 0.25) is 0 Å². The van der Waals surface area contributed by atoms with Crippen LogP contribution in [0.1, 0.15) is 18.9 Å². The van der Waals surface area contributed by atoms with Crippen molar-refractivity contribution in [3.63, 3.8) is 0 Å². The topological polar surface area (TPSA) is 92.1 Å². The van der Waals surface area contributed by atoms with Crippen LogP contribution in [0.25, 0.3) is 0 Å². The Balaban J connectivity index is 2.31. The first-order chi connectivity index (χ1) is 8.05. The summed E-state index contributed by atoms with van der Waals surface area (Å²) >= 11 is 0. The molecule has 3 N–H and O–H groups in total. The zero-order valence-corrected chi connectivity index (χ0v) is 10.5. The van der Waals surface area contributed by atoms with Crippen LogP contribution < -0.4 is 5.73 Å². The molecule has 1 aliphatic heterocycles. The normalized spacial score (nSPS) is 18.1. The molecule has 1 aromatic rings. The Kier molecular flexibility index (Phi) is 3.32. The van der Waals surface area contributed by atoms with Crippen LogP contribution in [0.3, 0.4) is 0 Å². The van der Waals surface area contributed by atoms with Crippen LogP contribution in [0.15, 0.2) is 22.9 Å². The summed E-state index contributed by atoms with van der Waals surface area (Å²) in [5.74, 6) is 0. The molecule has 0 saturated heterocycles. The smallest absolute Gasteiger partial charge is 0.260 e. The van der Waals surface area contributed by atoms with Gasteiger partial charge < -0.3 is 5.73 Å². The number of rotatable bonds is 3. The third kappa shape index (κ3) is 2.26. The van der Waals surface area contributed by atoms with E-state index in [-0.39, 0.29) is 11.6 Å². The monoisotopic (exact) mass is 256 g/mol. The van der Waals surface area contributed by atoms with Gasteiger partial charge in [0.25, 0.3) is 10.0 Å². The molecular formula is C10H16N4O2S. The summed E-state index contributed by atoms with van der Waals surface area (Å²) in [6, 6.07) is 0. The van der Waals surface area contributed by atoms with E-state index in [0.29, 0.717) is 18.7 Å². The van der Waals surface area contributed by atoms with E-state index in [0.717, 1.165) is 6.42 Å². The maximum Gasteiger partial charge on any atom is 0.260 e. The van der Waals surface area contributed by atoms with Crippen LogP contribution in [-0.2, 0) is 16.6 Å². The SMILES string of the molecule is CC1=CCN(S(=O)(=O)c2[nH]ncc2CN)CC1. The molecule has 94 valence electrons. The van der Waals surface area contributed by atoms with E-state index < -0.39 is 10.0 Å². The van der Waals surface area contributed by atoms with Crippen molar-refractivity contribution in [3.8, 4) is 0 Å². The number of nitrogens with zero attached hydrogens (tertiary/aromatic N) is 2. The van der Waals surface area contributed by atoms with E-state index in [2.05, 4.69) is 10.2 Å². The van der Waals surface area contributed by atoms with Crippen molar-refractivity contribution >= 4 is 10.0 Å². The molecule has 0 fully saturated rings. The predicted octanol–water partition coefficient (Wildman–Crippen LogP) is 0.209. The zero-order valence-electron chi connectivity index (χ0n) is 9.68. The average molecular weight is 256 g/mol. The fourth-order valence-electron chi connectivity index (χ4n) is 1.77. The molecule has 0 unspecified atom stereocenters. The summed E-state index contributed by atoms with van der Waals surface area (Å²) in [7, 11) is -3.49. The van der Waals surface area contributed by atoms with Gasteiger partial charge in [0.1, 0.15) is 0 Å². The minimum absolute atomic E-state index is 0.118. The van der Waals surface area contributed by atoms with E-state index in [1.54, 1.807) is 0 Å². The predicted molar refractivity (Wildman–Crippen MR) is 63.6 cm³/mol. The van der Waals surface area contributed by atoms with Crippen LogP contribution >= 0.6 is 0 Å². The first-order valence-electron chi connectivity index (χ1n) is 5.44. The van der Waals surface area contributed by atoms with Gasteiger partial charge in [-0.1, -0.05) is 11.6 Å². The molecule has 2 heterocycles. The third-order valence-corrected chi connectivity index (χ3v) is 4.78. The fraction of sp³-hybridized carbons (Fsp3) is 0.500. The van der Waals surface area contributed by atoms with E-state index >= 15 is 0 Å². The Labute approximate surface area is 101 Å². The molecule has 0 aliphatic carbocycles. The summed E-state index contributed by atoms with van der Waals surface area (Å²) < 4.78 is 26.0. The van der Waals surface area contributed by atoms with Gasteiger partial charge in [0.15, 0.2) is 5.03 Å². The van der Waals surface area contributed by atoms with Crippen molar-refractivity contribution in [2.24, 2.45) is 5.73 Å². The first kappa shape index (κ1) is 12.3. The van der Waals surface area contributed by atoms with Crippen LogP contribution in [0.5, 0.6) is 0 Å². The summed E-state index contributed by atoms with van der Waals surface area (Å²) in [5, 5.41) is 6.39. The molecule has 0 spiro atoms. The number of aromatic amines is 1. The fourth-order valence-corrected chi connectivity index (χ4v) is 3.26. The van der Waals surface area contributed by atoms with Gasteiger partial charge in [-0.2, -0.15) is 9.40 Å². The molecule has 2 rings (SSSR count). The highest BCUT2D eigenvalue weighted by Gasteiger charge is 2.28. The Hall–Kier alpha value is -1.18. The number of aromatic nitrogens is 2. The molecule has 1 aliphatic rings. The lowest BCUT2D eigenvalue weighted by Gasteiger charge is -2.24. The van der Waals surface area contributed by atoms with Gasteiger partial charge in [-0.05, 0) is 13.3 Å². The highest BCUT2D eigenvalue weighted by atomic mass is 32.2. The number of nitrogens with one attached hydrogen (secondary N) is 1. The van der Waals surface area contributed by atoms with Crippen molar-refractivity contribution < 1.29 is 8.42 Å². The average Bonchev–Trinajstić information content (AvgIpc) is 2.78. The number of H-pyrrole nitrogens is 1. The lowest BCUT2D eigenvalue weighted by atomic mass is 10.1. The highest BCUT2D eigenvalue weighted by Crippen LogP contribution is 2.20. The Morgan fingerprint density at radius 1 is 1.59 bits per heavy atom. The third-order valence-electron chi connectivity index (χ3n) is 2.89. The summed E-state index contributed by atoms with van der Waals surface area (Å²) in [4.78, 5) is 0.